The van der Waals surface area contributed by atoms with Crippen LogP contribution < -0.4 is 10.1 Å². The maximum Gasteiger partial charge on any atom is 0.338 e. The third kappa shape index (κ3) is 5.15. The van der Waals surface area contributed by atoms with Gasteiger partial charge in [-0.25, -0.2) is 9.78 Å². The van der Waals surface area contributed by atoms with Crippen LogP contribution in [0.2, 0.25) is 0 Å². The Morgan fingerprint density at radius 1 is 1.07 bits per heavy atom. The molecular weight excluding hydrogens is 364 g/mol. The summed E-state index contributed by atoms with van der Waals surface area (Å²) in [5.41, 5.74) is 1.40. The predicted molar refractivity (Wildman–Crippen MR) is 103 cm³/mol. The number of hydrogen-bond acceptors (Lipinski definition) is 6. The summed E-state index contributed by atoms with van der Waals surface area (Å²) in [6, 6.07) is 15.8. The van der Waals surface area contributed by atoms with Crippen LogP contribution in [0.3, 0.4) is 0 Å². The first-order valence-electron chi connectivity index (χ1n) is 8.36. The number of ether oxygens (including phenoxy) is 2. The molecule has 0 aliphatic rings. The molecule has 138 valence electrons. The maximum atomic E-state index is 12.3. The molecule has 6 nitrogen and oxygen atoms in total. The fourth-order valence-electron chi connectivity index (χ4n) is 2.26. The second-order valence-corrected chi connectivity index (χ2v) is 6.42. The lowest BCUT2D eigenvalue weighted by Gasteiger charge is -2.06. The second kappa shape index (κ2) is 8.95. The highest BCUT2D eigenvalue weighted by Crippen LogP contribution is 2.18. The number of thiazole rings is 1. The van der Waals surface area contributed by atoms with Crippen LogP contribution in [0.4, 0.5) is 5.69 Å². The molecule has 0 aliphatic heterocycles. The number of benzene rings is 2. The van der Waals surface area contributed by atoms with E-state index in [1.54, 1.807) is 53.9 Å². The van der Waals surface area contributed by atoms with Gasteiger partial charge in [0.05, 0.1) is 12.2 Å². The number of nitrogens with one attached hydrogen (secondary N) is 1. The Morgan fingerprint density at radius 3 is 2.52 bits per heavy atom. The Bertz CT molecular complexity index is 907. The van der Waals surface area contributed by atoms with Gasteiger partial charge in [-0.3, -0.25) is 4.79 Å². The first-order valence-corrected chi connectivity index (χ1v) is 9.24. The minimum absolute atomic E-state index is 0.0225. The first kappa shape index (κ1) is 18.6. The van der Waals surface area contributed by atoms with Gasteiger partial charge in [0.25, 0.3) is 5.91 Å². The summed E-state index contributed by atoms with van der Waals surface area (Å²) in [7, 11) is 0. The SMILES string of the molecule is CCOc1ccc(NC(=O)c2csc(COC(=O)c3ccccc3)n2)cc1. The summed E-state index contributed by atoms with van der Waals surface area (Å²) in [5.74, 6) is -0.00564. The monoisotopic (exact) mass is 382 g/mol. The molecule has 0 spiro atoms. The van der Waals surface area contributed by atoms with Gasteiger partial charge in [-0.1, -0.05) is 18.2 Å². The highest BCUT2D eigenvalue weighted by atomic mass is 32.1. The lowest BCUT2D eigenvalue weighted by Crippen LogP contribution is -2.12. The van der Waals surface area contributed by atoms with Crippen LogP contribution in [0.25, 0.3) is 0 Å². The lowest BCUT2D eigenvalue weighted by atomic mass is 10.2. The molecule has 27 heavy (non-hydrogen) atoms. The van der Waals surface area contributed by atoms with Gasteiger partial charge in [0.1, 0.15) is 23.1 Å². The highest BCUT2D eigenvalue weighted by Gasteiger charge is 2.13. The lowest BCUT2D eigenvalue weighted by molar-refractivity contribution is 0.0472. The van der Waals surface area contributed by atoms with Gasteiger partial charge in [-0.2, -0.15) is 0 Å². The van der Waals surface area contributed by atoms with Gasteiger partial charge in [0.2, 0.25) is 0 Å². The van der Waals surface area contributed by atoms with Crippen LogP contribution >= 0.6 is 11.3 Å². The van der Waals surface area contributed by atoms with Crippen molar-refractivity contribution in [3.63, 3.8) is 0 Å². The molecule has 3 aromatic rings. The van der Waals surface area contributed by atoms with Crippen molar-refractivity contribution < 1.29 is 19.1 Å². The molecule has 0 radical (unpaired) electrons. The van der Waals surface area contributed by atoms with E-state index in [1.807, 2.05) is 13.0 Å². The van der Waals surface area contributed by atoms with E-state index >= 15 is 0 Å². The number of hydrogen-bond donors (Lipinski definition) is 1. The molecule has 0 atom stereocenters. The van der Waals surface area contributed by atoms with Crippen LogP contribution in [0.1, 0.15) is 32.8 Å². The van der Waals surface area contributed by atoms with E-state index < -0.39 is 5.97 Å². The van der Waals surface area contributed by atoms with Gasteiger partial charge in [0.15, 0.2) is 0 Å². The molecule has 1 N–H and O–H groups in total. The Labute approximate surface area is 160 Å². The Morgan fingerprint density at radius 2 is 1.81 bits per heavy atom. The second-order valence-electron chi connectivity index (χ2n) is 5.48. The third-order valence-electron chi connectivity index (χ3n) is 3.54. The molecule has 1 aromatic heterocycles. The van der Waals surface area contributed by atoms with Crippen molar-refractivity contribution in [1.29, 1.82) is 0 Å². The molecule has 3 rings (SSSR count). The van der Waals surface area contributed by atoms with E-state index in [2.05, 4.69) is 10.3 Å². The minimum Gasteiger partial charge on any atom is -0.494 e. The molecule has 0 aliphatic carbocycles. The number of aromatic nitrogens is 1. The highest BCUT2D eigenvalue weighted by molar-refractivity contribution is 7.09. The zero-order valence-electron chi connectivity index (χ0n) is 14.7. The number of amides is 1. The molecule has 0 bridgehead atoms. The van der Waals surface area contributed by atoms with Crippen molar-refractivity contribution in [2.75, 3.05) is 11.9 Å². The van der Waals surface area contributed by atoms with Crippen molar-refractivity contribution in [2.24, 2.45) is 0 Å². The maximum absolute atomic E-state index is 12.3. The van der Waals surface area contributed by atoms with E-state index in [-0.39, 0.29) is 18.2 Å². The first-order chi connectivity index (χ1) is 13.2. The van der Waals surface area contributed by atoms with Crippen molar-refractivity contribution >= 4 is 28.9 Å². The zero-order valence-corrected chi connectivity index (χ0v) is 15.5. The standard InChI is InChI=1S/C20H18N2O4S/c1-2-25-16-10-8-15(9-11-16)21-19(23)17-13-27-18(22-17)12-26-20(24)14-6-4-3-5-7-14/h3-11,13H,2,12H2,1H3,(H,21,23). The number of esters is 1. The number of anilines is 1. The van der Waals surface area contributed by atoms with E-state index in [1.165, 1.54) is 11.3 Å². The molecule has 1 heterocycles. The minimum atomic E-state index is -0.425. The zero-order chi connectivity index (χ0) is 19.1. The van der Waals surface area contributed by atoms with Crippen LogP contribution in [-0.2, 0) is 11.3 Å². The van der Waals surface area contributed by atoms with Crippen LogP contribution in [0.15, 0.2) is 60.0 Å². The van der Waals surface area contributed by atoms with Gasteiger partial charge < -0.3 is 14.8 Å². The molecule has 0 saturated heterocycles. The molecule has 7 heteroatoms. The smallest absolute Gasteiger partial charge is 0.338 e. The summed E-state index contributed by atoms with van der Waals surface area (Å²) in [6.07, 6.45) is 0. The number of nitrogens with zero attached hydrogens (tertiary/aromatic N) is 1. The molecule has 0 fully saturated rings. The predicted octanol–water partition coefficient (Wildman–Crippen LogP) is 4.15. The van der Waals surface area contributed by atoms with E-state index in [0.717, 1.165) is 5.75 Å². The third-order valence-corrected chi connectivity index (χ3v) is 4.37. The van der Waals surface area contributed by atoms with Crippen molar-refractivity contribution in [2.45, 2.75) is 13.5 Å². The van der Waals surface area contributed by atoms with Crippen LogP contribution in [0, 0.1) is 0 Å². The number of carbonyl (C=O) groups is 2. The average Bonchev–Trinajstić information content (AvgIpc) is 3.18. The van der Waals surface area contributed by atoms with Crippen molar-refractivity contribution in [3.8, 4) is 5.75 Å². The Balaban J connectivity index is 1.55. The summed E-state index contributed by atoms with van der Waals surface area (Å²) in [5, 5.41) is 4.96. The average molecular weight is 382 g/mol. The van der Waals surface area contributed by atoms with Crippen molar-refractivity contribution in [3.05, 3.63) is 76.2 Å². The van der Waals surface area contributed by atoms with Crippen molar-refractivity contribution in [1.82, 2.24) is 4.98 Å². The topological polar surface area (TPSA) is 77.5 Å². The fourth-order valence-corrected chi connectivity index (χ4v) is 2.95. The Kier molecular flexibility index (Phi) is 6.17. The number of carbonyl (C=O) groups excluding carboxylic acids is 2. The summed E-state index contributed by atoms with van der Waals surface area (Å²) >= 11 is 1.27. The summed E-state index contributed by atoms with van der Waals surface area (Å²) < 4.78 is 10.6. The number of rotatable bonds is 7. The van der Waals surface area contributed by atoms with E-state index in [0.29, 0.717) is 22.9 Å². The molecule has 0 saturated carbocycles. The van der Waals surface area contributed by atoms with Gasteiger partial charge in [0, 0.05) is 11.1 Å². The normalized spacial score (nSPS) is 10.3. The fraction of sp³-hybridized carbons (Fsp3) is 0.150. The van der Waals surface area contributed by atoms with E-state index in [4.69, 9.17) is 9.47 Å². The van der Waals surface area contributed by atoms with Crippen LogP contribution in [-0.4, -0.2) is 23.5 Å². The molecule has 1 amide bonds. The quantitative estimate of drug-likeness (QED) is 0.621. The largest absolute Gasteiger partial charge is 0.494 e. The van der Waals surface area contributed by atoms with Gasteiger partial charge >= 0.3 is 5.97 Å². The van der Waals surface area contributed by atoms with Gasteiger partial charge in [-0.05, 0) is 43.3 Å². The summed E-state index contributed by atoms with van der Waals surface area (Å²) in [4.78, 5) is 28.5. The van der Waals surface area contributed by atoms with Gasteiger partial charge in [-0.15, -0.1) is 11.3 Å². The molecule has 2 aromatic carbocycles. The summed E-state index contributed by atoms with van der Waals surface area (Å²) in [6.45, 7) is 2.52. The van der Waals surface area contributed by atoms with Crippen LogP contribution in [0.5, 0.6) is 5.75 Å². The molecular formula is C20H18N2O4S. The van der Waals surface area contributed by atoms with E-state index in [9.17, 15) is 9.59 Å². The molecule has 0 unspecified atom stereocenters. The Hall–Kier alpha value is -3.19.